The van der Waals surface area contributed by atoms with Gasteiger partial charge < -0.3 is 15.3 Å². The van der Waals surface area contributed by atoms with E-state index < -0.39 is 5.97 Å². The van der Waals surface area contributed by atoms with Crippen molar-refractivity contribution in [2.75, 3.05) is 16.8 Å². The normalized spacial score (nSPS) is 20.5. The van der Waals surface area contributed by atoms with Crippen LogP contribution < -0.4 is 10.2 Å². The molecule has 1 heterocycles. The Morgan fingerprint density at radius 3 is 2.52 bits per heavy atom. The lowest BCUT2D eigenvalue weighted by atomic mass is 9.92. The van der Waals surface area contributed by atoms with E-state index in [0.29, 0.717) is 18.4 Å². The van der Waals surface area contributed by atoms with Gasteiger partial charge >= 0.3 is 5.97 Å². The fraction of sp³-hybridized carbons (Fsp3) is 0.538. The summed E-state index contributed by atoms with van der Waals surface area (Å²) in [5.74, 6) is -0.699. The molecule has 2 aliphatic rings. The van der Waals surface area contributed by atoms with Crippen LogP contribution in [-0.4, -0.2) is 39.5 Å². The second-order valence-electron chi connectivity index (χ2n) is 9.87. The largest absolute Gasteiger partial charge is 0.481 e. The number of amides is 1. The van der Waals surface area contributed by atoms with E-state index >= 15 is 0 Å². The summed E-state index contributed by atoms with van der Waals surface area (Å²) in [4.78, 5) is 34.8. The van der Waals surface area contributed by atoms with Gasteiger partial charge in [-0.2, -0.15) is 0 Å². The molecule has 0 aliphatic heterocycles. The molecule has 0 radical (unpaired) electrons. The molecule has 0 unspecified atom stereocenters. The van der Waals surface area contributed by atoms with Crippen LogP contribution in [0.25, 0.3) is 0 Å². The number of carbonyl (C=O) groups excluding carboxylic acids is 1. The lowest BCUT2D eigenvalue weighted by molar-refractivity contribution is -0.138. The minimum absolute atomic E-state index is 0.0166. The zero-order valence-corrected chi connectivity index (χ0v) is 19.5. The quantitative estimate of drug-likeness (QED) is 0.578. The molecule has 33 heavy (non-hydrogen) atoms. The summed E-state index contributed by atoms with van der Waals surface area (Å²) >= 11 is 0. The number of carbonyl (C=O) groups is 2. The van der Waals surface area contributed by atoms with Crippen LogP contribution in [0, 0.1) is 11.8 Å². The summed E-state index contributed by atoms with van der Waals surface area (Å²) in [6.45, 7) is 5.36. The van der Waals surface area contributed by atoms with Gasteiger partial charge in [0.25, 0.3) is 0 Å². The third-order valence-electron chi connectivity index (χ3n) is 6.70. The van der Waals surface area contributed by atoms with Crippen molar-refractivity contribution in [3.63, 3.8) is 0 Å². The fourth-order valence-electron chi connectivity index (χ4n) is 5.00. The SMILES string of the molecule is CC(C)CN(c1ccc([C@H]2C[C@H]2C(=O)O)cc1NC(=O)Cc1cncnc1)C1CCCCC1. The van der Waals surface area contributed by atoms with Gasteiger partial charge in [-0.25, -0.2) is 9.97 Å². The van der Waals surface area contributed by atoms with Crippen LogP contribution in [0.2, 0.25) is 0 Å². The molecule has 2 aliphatic carbocycles. The Hall–Kier alpha value is -2.96. The Morgan fingerprint density at radius 2 is 1.88 bits per heavy atom. The lowest BCUT2D eigenvalue weighted by Crippen LogP contribution is -2.40. The Labute approximate surface area is 195 Å². The van der Waals surface area contributed by atoms with E-state index in [1.807, 2.05) is 6.07 Å². The third-order valence-corrected chi connectivity index (χ3v) is 6.70. The van der Waals surface area contributed by atoms with Crippen LogP contribution in [-0.2, 0) is 16.0 Å². The van der Waals surface area contributed by atoms with Crippen LogP contribution in [0.15, 0.2) is 36.9 Å². The molecule has 2 saturated carbocycles. The first-order valence-corrected chi connectivity index (χ1v) is 12.1. The number of hydrogen-bond donors (Lipinski definition) is 2. The van der Waals surface area contributed by atoms with Crippen molar-refractivity contribution in [3.05, 3.63) is 48.0 Å². The van der Waals surface area contributed by atoms with Crippen LogP contribution in [0.4, 0.5) is 11.4 Å². The molecule has 176 valence electrons. The second-order valence-corrected chi connectivity index (χ2v) is 9.87. The fourth-order valence-corrected chi connectivity index (χ4v) is 5.00. The van der Waals surface area contributed by atoms with E-state index in [1.54, 1.807) is 12.4 Å². The zero-order chi connectivity index (χ0) is 23.4. The monoisotopic (exact) mass is 450 g/mol. The van der Waals surface area contributed by atoms with Crippen molar-refractivity contribution in [3.8, 4) is 0 Å². The van der Waals surface area contributed by atoms with Crippen LogP contribution in [0.5, 0.6) is 0 Å². The van der Waals surface area contributed by atoms with Gasteiger partial charge in [-0.1, -0.05) is 39.2 Å². The summed E-state index contributed by atoms with van der Waals surface area (Å²) in [6.07, 6.45) is 11.7. The molecule has 2 N–H and O–H groups in total. The lowest BCUT2D eigenvalue weighted by Gasteiger charge is -2.38. The number of aliphatic carboxylic acids is 1. The molecule has 1 aromatic carbocycles. The zero-order valence-electron chi connectivity index (χ0n) is 19.5. The van der Waals surface area contributed by atoms with Gasteiger partial charge in [-0.15, -0.1) is 0 Å². The number of nitrogens with zero attached hydrogens (tertiary/aromatic N) is 3. The van der Waals surface area contributed by atoms with E-state index in [0.717, 1.165) is 41.9 Å². The molecule has 7 heteroatoms. The number of aromatic nitrogens is 2. The van der Waals surface area contributed by atoms with E-state index in [2.05, 4.69) is 46.2 Å². The van der Waals surface area contributed by atoms with Gasteiger partial charge in [0.1, 0.15) is 6.33 Å². The van der Waals surface area contributed by atoms with Gasteiger partial charge in [0.05, 0.1) is 23.7 Å². The van der Waals surface area contributed by atoms with Crippen molar-refractivity contribution >= 4 is 23.3 Å². The van der Waals surface area contributed by atoms with Crippen molar-refractivity contribution in [1.82, 2.24) is 9.97 Å². The topological polar surface area (TPSA) is 95.4 Å². The number of carboxylic acid groups (broad SMARTS) is 1. The minimum Gasteiger partial charge on any atom is -0.481 e. The van der Waals surface area contributed by atoms with Gasteiger partial charge in [-0.3, -0.25) is 9.59 Å². The average molecular weight is 451 g/mol. The second kappa shape index (κ2) is 10.3. The van der Waals surface area contributed by atoms with Crippen LogP contribution >= 0.6 is 0 Å². The average Bonchev–Trinajstić information content (AvgIpc) is 3.60. The summed E-state index contributed by atoms with van der Waals surface area (Å²) in [5.41, 5.74) is 3.55. The first kappa shape index (κ1) is 23.2. The predicted molar refractivity (Wildman–Crippen MR) is 128 cm³/mol. The molecule has 4 rings (SSSR count). The molecular weight excluding hydrogens is 416 g/mol. The minimum atomic E-state index is -0.748. The summed E-state index contributed by atoms with van der Waals surface area (Å²) in [7, 11) is 0. The highest BCUT2D eigenvalue weighted by Crippen LogP contribution is 2.49. The van der Waals surface area contributed by atoms with Gasteiger partial charge in [-0.05, 0) is 54.4 Å². The number of hydrogen-bond acceptors (Lipinski definition) is 5. The highest BCUT2D eigenvalue weighted by atomic mass is 16.4. The van der Waals surface area contributed by atoms with E-state index in [9.17, 15) is 14.7 Å². The first-order valence-electron chi connectivity index (χ1n) is 12.1. The molecule has 2 fully saturated rings. The maximum Gasteiger partial charge on any atom is 0.307 e. The number of nitrogens with one attached hydrogen (secondary N) is 1. The Morgan fingerprint density at radius 1 is 1.15 bits per heavy atom. The maximum atomic E-state index is 12.9. The molecule has 0 bridgehead atoms. The Balaban J connectivity index is 1.63. The number of anilines is 2. The standard InChI is InChI=1S/C26H34N4O3/c1-17(2)15-30(20-6-4-3-5-7-20)24-9-8-19(21-12-22(21)26(32)33)11-23(24)29-25(31)10-18-13-27-16-28-14-18/h8-9,11,13-14,16-17,20-22H,3-7,10,12,15H2,1-2H3,(H,29,31)(H,32,33)/t21-,22-/m1/s1. The summed E-state index contributed by atoms with van der Waals surface area (Å²) < 4.78 is 0. The van der Waals surface area contributed by atoms with Crippen LogP contribution in [0.1, 0.15) is 69.4 Å². The van der Waals surface area contributed by atoms with Crippen molar-refractivity contribution in [2.45, 2.75) is 70.8 Å². The highest BCUT2D eigenvalue weighted by Gasteiger charge is 2.44. The van der Waals surface area contributed by atoms with Crippen molar-refractivity contribution < 1.29 is 14.7 Å². The van der Waals surface area contributed by atoms with Crippen molar-refractivity contribution in [1.29, 1.82) is 0 Å². The smallest absolute Gasteiger partial charge is 0.307 e. The highest BCUT2D eigenvalue weighted by molar-refractivity contribution is 5.96. The molecule has 2 aromatic rings. The Bertz CT molecular complexity index is 973. The molecule has 1 aromatic heterocycles. The van der Waals surface area contributed by atoms with E-state index in [4.69, 9.17) is 0 Å². The van der Waals surface area contributed by atoms with Gasteiger partial charge in [0.2, 0.25) is 5.91 Å². The van der Waals surface area contributed by atoms with Gasteiger partial charge in [0, 0.05) is 25.0 Å². The molecule has 1 amide bonds. The van der Waals surface area contributed by atoms with E-state index in [-0.39, 0.29) is 24.2 Å². The number of benzene rings is 1. The number of rotatable bonds is 9. The first-order chi connectivity index (χ1) is 15.9. The molecule has 0 spiro atoms. The molecular formula is C26H34N4O3. The third kappa shape index (κ3) is 5.89. The van der Waals surface area contributed by atoms with Gasteiger partial charge in [0.15, 0.2) is 0 Å². The predicted octanol–water partition coefficient (Wildman–Crippen LogP) is 4.64. The summed E-state index contributed by atoms with van der Waals surface area (Å²) in [5, 5.41) is 12.5. The number of carboxylic acids is 1. The van der Waals surface area contributed by atoms with Crippen molar-refractivity contribution in [2.24, 2.45) is 11.8 Å². The summed E-state index contributed by atoms with van der Waals surface area (Å²) in [6, 6.07) is 6.60. The van der Waals surface area contributed by atoms with E-state index in [1.165, 1.54) is 25.6 Å². The maximum absolute atomic E-state index is 12.9. The molecule has 0 saturated heterocycles. The molecule has 2 atom stereocenters. The van der Waals surface area contributed by atoms with Crippen LogP contribution in [0.3, 0.4) is 0 Å². The Kier molecular flexibility index (Phi) is 7.26. The molecule has 7 nitrogen and oxygen atoms in total.